The summed E-state index contributed by atoms with van der Waals surface area (Å²) in [6.07, 6.45) is 6.90. The number of rotatable bonds is 3. The molecule has 2 fully saturated rings. The first kappa shape index (κ1) is 14.0. The number of ketones is 1. The van der Waals surface area contributed by atoms with Gasteiger partial charge in [0.1, 0.15) is 5.78 Å². The fourth-order valence-electron chi connectivity index (χ4n) is 3.22. The molecule has 3 atom stereocenters. The minimum absolute atomic E-state index is 0.284. The van der Waals surface area contributed by atoms with E-state index < -0.39 is 0 Å². The lowest BCUT2D eigenvalue weighted by atomic mass is 9.96. The van der Waals surface area contributed by atoms with Crippen LogP contribution in [-0.4, -0.2) is 42.5 Å². The number of ether oxygens (including phenoxy) is 1. The van der Waals surface area contributed by atoms with Gasteiger partial charge in [-0.05, 0) is 26.2 Å². The first-order valence-electron chi connectivity index (χ1n) is 7.59. The largest absolute Gasteiger partial charge is 0.376 e. The average molecular weight is 253 g/mol. The van der Waals surface area contributed by atoms with Crippen LogP contribution in [0.1, 0.15) is 52.4 Å². The summed E-state index contributed by atoms with van der Waals surface area (Å²) in [5, 5.41) is 0. The number of nitrogens with zero attached hydrogens (tertiary/aromatic N) is 1. The number of hydrogen-bond acceptors (Lipinski definition) is 3. The Morgan fingerprint density at radius 3 is 2.94 bits per heavy atom. The number of morpholine rings is 1. The molecule has 104 valence electrons. The van der Waals surface area contributed by atoms with Crippen LogP contribution in [0.3, 0.4) is 0 Å². The summed E-state index contributed by atoms with van der Waals surface area (Å²) >= 11 is 0. The summed E-state index contributed by atoms with van der Waals surface area (Å²) in [6, 6.07) is 0.511. The van der Waals surface area contributed by atoms with E-state index in [4.69, 9.17) is 4.74 Å². The quantitative estimate of drug-likeness (QED) is 0.724. The summed E-state index contributed by atoms with van der Waals surface area (Å²) in [6.45, 7) is 7.13. The topological polar surface area (TPSA) is 29.5 Å². The zero-order valence-electron chi connectivity index (χ0n) is 11.9. The van der Waals surface area contributed by atoms with Gasteiger partial charge >= 0.3 is 0 Å². The number of carbonyl (C=O) groups is 1. The van der Waals surface area contributed by atoms with Crippen LogP contribution in [0.25, 0.3) is 0 Å². The lowest BCUT2D eigenvalue weighted by molar-refractivity contribution is -0.125. The monoisotopic (exact) mass is 253 g/mol. The molecule has 0 N–H and O–H groups in total. The number of hydrogen-bond donors (Lipinski definition) is 0. The van der Waals surface area contributed by atoms with Gasteiger partial charge in [0.05, 0.1) is 12.7 Å². The van der Waals surface area contributed by atoms with Crippen molar-refractivity contribution >= 4 is 5.78 Å². The van der Waals surface area contributed by atoms with Gasteiger partial charge in [0.15, 0.2) is 0 Å². The molecule has 0 spiro atoms. The molecule has 3 heteroatoms. The van der Waals surface area contributed by atoms with Crippen molar-refractivity contribution in [2.24, 2.45) is 5.92 Å². The molecule has 0 radical (unpaired) electrons. The molecular weight excluding hydrogens is 226 g/mol. The highest BCUT2D eigenvalue weighted by Crippen LogP contribution is 2.24. The first-order chi connectivity index (χ1) is 8.70. The van der Waals surface area contributed by atoms with E-state index in [-0.39, 0.29) is 5.92 Å². The van der Waals surface area contributed by atoms with Crippen LogP contribution in [0, 0.1) is 5.92 Å². The van der Waals surface area contributed by atoms with Crippen LogP contribution >= 0.6 is 0 Å². The summed E-state index contributed by atoms with van der Waals surface area (Å²) in [5.74, 6) is 0.786. The van der Waals surface area contributed by atoms with Crippen LogP contribution in [0.5, 0.6) is 0 Å². The SMILES string of the molecule is CCC1COC(C)CN1CC1CCCCCC1=O. The van der Waals surface area contributed by atoms with Crippen molar-refractivity contribution in [3.05, 3.63) is 0 Å². The van der Waals surface area contributed by atoms with Gasteiger partial charge in [-0.15, -0.1) is 0 Å². The van der Waals surface area contributed by atoms with Crippen molar-refractivity contribution in [1.82, 2.24) is 4.90 Å². The van der Waals surface area contributed by atoms with Gasteiger partial charge in [0, 0.05) is 31.5 Å². The summed E-state index contributed by atoms with van der Waals surface area (Å²) in [5.41, 5.74) is 0. The molecule has 1 saturated heterocycles. The Balaban J connectivity index is 1.94. The Morgan fingerprint density at radius 2 is 2.17 bits per heavy atom. The van der Waals surface area contributed by atoms with E-state index in [0.717, 1.165) is 45.4 Å². The maximum atomic E-state index is 12.1. The fourth-order valence-corrected chi connectivity index (χ4v) is 3.22. The van der Waals surface area contributed by atoms with E-state index in [9.17, 15) is 4.79 Å². The maximum Gasteiger partial charge on any atom is 0.137 e. The van der Waals surface area contributed by atoms with Crippen molar-refractivity contribution in [2.45, 2.75) is 64.5 Å². The molecule has 2 aliphatic rings. The molecule has 1 saturated carbocycles. The van der Waals surface area contributed by atoms with Crippen molar-refractivity contribution in [2.75, 3.05) is 19.7 Å². The minimum Gasteiger partial charge on any atom is -0.376 e. The molecule has 1 aliphatic carbocycles. The summed E-state index contributed by atoms with van der Waals surface area (Å²) < 4.78 is 5.73. The molecule has 2 rings (SSSR count). The minimum atomic E-state index is 0.284. The molecule has 1 aliphatic heterocycles. The van der Waals surface area contributed by atoms with Crippen LogP contribution in [-0.2, 0) is 9.53 Å². The average Bonchev–Trinajstić information content (AvgIpc) is 2.55. The Hall–Kier alpha value is -0.410. The molecule has 1 heterocycles. The standard InChI is InChI=1S/C15H27NO2/c1-3-14-11-18-12(2)9-16(14)10-13-7-5-4-6-8-15(13)17/h12-14H,3-11H2,1-2H3. The predicted octanol–water partition coefficient (Wildman–Crippen LogP) is 2.64. The van der Waals surface area contributed by atoms with Gasteiger partial charge in [-0.3, -0.25) is 9.69 Å². The molecule has 0 bridgehead atoms. The third-order valence-corrected chi connectivity index (χ3v) is 4.44. The molecule has 3 nitrogen and oxygen atoms in total. The highest BCUT2D eigenvalue weighted by Gasteiger charge is 2.30. The summed E-state index contributed by atoms with van der Waals surface area (Å²) in [7, 11) is 0. The number of Topliss-reactive ketones (excluding diaryl/α,β-unsaturated/α-hetero) is 1. The first-order valence-corrected chi connectivity index (χ1v) is 7.59. The maximum absolute atomic E-state index is 12.1. The van der Waals surface area contributed by atoms with Gasteiger partial charge in [-0.25, -0.2) is 0 Å². The van der Waals surface area contributed by atoms with Crippen molar-refractivity contribution < 1.29 is 9.53 Å². The lowest BCUT2D eigenvalue weighted by Gasteiger charge is -2.39. The molecule has 3 unspecified atom stereocenters. The Labute approximate surface area is 111 Å². The molecule has 0 aromatic heterocycles. The van der Waals surface area contributed by atoms with Crippen molar-refractivity contribution in [1.29, 1.82) is 0 Å². The van der Waals surface area contributed by atoms with E-state index in [1.54, 1.807) is 0 Å². The second-order valence-electron chi connectivity index (χ2n) is 5.92. The Bertz CT molecular complexity index is 280. The molecule has 0 aromatic rings. The van der Waals surface area contributed by atoms with Crippen LogP contribution < -0.4 is 0 Å². The van der Waals surface area contributed by atoms with Gasteiger partial charge in [0.25, 0.3) is 0 Å². The third kappa shape index (κ3) is 3.55. The zero-order valence-corrected chi connectivity index (χ0v) is 11.9. The number of carbonyl (C=O) groups excluding carboxylic acids is 1. The van der Waals surface area contributed by atoms with Crippen molar-refractivity contribution in [3.8, 4) is 0 Å². The molecular formula is C15H27NO2. The Kier molecular flexibility index (Phi) is 5.19. The van der Waals surface area contributed by atoms with E-state index in [1.807, 2.05) is 0 Å². The van der Waals surface area contributed by atoms with Gasteiger partial charge < -0.3 is 4.74 Å². The van der Waals surface area contributed by atoms with Crippen LogP contribution in [0.4, 0.5) is 0 Å². The lowest BCUT2D eigenvalue weighted by Crippen LogP contribution is -2.50. The zero-order chi connectivity index (χ0) is 13.0. The van der Waals surface area contributed by atoms with E-state index >= 15 is 0 Å². The second kappa shape index (κ2) is 6.67. The van der Waals surface area contributed by atoms with E-state index in [0.29, 0.717) is 17.9 Å². The van der Waals surface area contributed by atoms with Gasteiger partial charge in [0.2, 0.25) is 0 Å². The highest BCUT2D eigenvalue weighted by atomic mass is 16.5. The van der Waals surface area contributed by atoms with Crippen molar-refractivity contribution in [3.63, 3.8) is 0 Å². The van der Waals surface area contributed by atoms with E-state index in [2.05, 4.69) is 18.7 Å². The van der Waals surface area contributed by atoms with Crippen LogP contribution in [0.15, 0.2) is 0 Å². The summed E-state index contributed by atoms with van der Waals surface area (Å²) in [4.78, 5) is 14.6. The normalized spacial score (nSPS) is 35.4. The fraction of sp³-hybridized carbons (Fsp3) is 0.933. The molecule has 0 amide bonds. The van der Waals surface area contributed by atoms with Gasteiger partial charge in [-0.2, -0.15) is 0 Å². The van der Waals surface area contributed by atoms with Gasteiger partial charge in [-0.1, -0.05) is 19.8 Å². The molecule has 18 heavy (non-hydrogen) atoms. The third-order valence-electron chi connectivity index (χ3n) is 4.44. The Morgan fingerprint density at radius 1 is 1.33 bits per heavy atom. The highest BCUT2D eigenvalue weighted by molar-refractivity contribution is 5.81. The molecule has 0 aromatic carbocycles. The van der Waals surface area contributed by atoms with Crippen LogP contribution in [0.2, 0.25) is 0 Å². The smallest absolute Gasteiger partial charge is 0.137 e. The predicted molar refractivity (Wildman–Crippen MR) is 72.6 cm³/mol. The van der Waals surface area contributed by atoms with E-state index in [1.165, 1.54) is 12.8 Å². The second-order valence-corrected chi connectivity index (χ2v) is 5.92.